The SMILES string of the molecule is COCCCNC(=O)C(C)NC(C)C(C)(C)C. The summed E-state index contributed by atoms with van der Waals surface area (Å²) >= 11 is 0. The maximum absolute atomic E-state index is 11.8. The summed E-state index contributed by atoms with van der Waals surface area (Å²) in [6.45, 7) is 11.8. The number of amides is 1. The molecule has 0 saturated carbocycles. The normalized spacial score (nSPS) is 15.4. The van der Waals surface area contributed by atoms with Crippen molar-refractivity contribution in [2.45, 2.75) is 53.1 Å². The van der Waals surface area contributed by atoms with Gasteiger partial charge in [0.1, 0.15) is 0 Å². The average Bonchev–Trinajstić information content (AvgIpc) is 2.22. The van der Waals surface area contributed by atoms with Crippen LogP contribution in [0.25, 0.3) is 0 Å². The Bertz CT molecular complexity index is 224. The lowest BCUT2D eigenvalue weighted by molar-refractivity contribution is -0.123. The van der Waals surface area contributed by atoms with Gasteiger partial charge in [0.05, 0.1) is 6.04 Å². The second kappa shape index (κ2) is 7.67. The lowest BCUT2D eigenvalue weighted by Gasteiger charge is -2.30. The molecule has 2 unspecified atom stereocenters. The van der Waals surface area contributed by atoms with Gasteiger partial charge in [-0.2, -0.15) is 0 Å². The van der Waals surface area contributed by atoms with Crippen LogP contribution in [0.4, 0.5) is 0 Å². The fraction of sp³-hybridized carbons (Fsp3) is 0.923. The number of methoxy groups -OCH3 is 1. The monoisotopic (exact) mass is 244 g/mol. The maximum atomic E-state index is 11.8. The predicted molar refractivity (Wildman–Crippen MR) is 71.0 cm³/mol. The van der Waals surface area contributed by atoms with Crippen LogP contribution < -0.4 is 10.6 Å². The van der Waals surface area contributed by atoms with E-state index < -0.39 is 0 Å². The topological polar surface area (TPSA) is 50.4 Å². The molecule has 0 fully saturated rings. The van der Waals surface area contributed by atoms with Crippen LogP contribution in [-0.4, -0.2) is 38.3 Å². The van der Waals surface area contributed by atoms with Gasteiger partial charge in [0.15, 0.2) is 0 Å². The molecule has 4 nitrogen and oxygen atoms in total. The van der Waals surface area contributed by atoms with E-state index in [-0.39, 0.29) is 17.4 Å². The molecule has 0 spiro atoms. The van der Waals surface area contributed by atoms with E-state index in [0.29, 0.717) is 19.2 Å². The third-order valence-electron chi connectivity index (χ3n) is 3.02. The van der Waals surface area contributed by atoms with Gasteiger partial charge in [-0.1, -0.05) is 20.8 Å². The van der Waals surface area contributed by atoms with Crippen molar-refractivity contribution in [1.29, 1.82) is 0 Å². The fourth-order valence-electron chi connectivity index (χ4n) is 1.28. The van der Waals surface area contributed by atoms with Crippen molar-refractivity contribution in [2.24, 2.45) is 5.41 Å². The van der Waals surface area contributed by atoms with E-state index in [4.69, 9.17) is 4.74 Å². The number of hydrogen-bond donors (Lipinski definition) is 2. The minimum atomic E-state index is -0.160. The molecule has 1 amide bonds. The molecule has 0 aliphatic carbocycles. The first-order valence-electron chi connectivity index (χ1n) is 6.31. The first-order chi connectivity index (χ1) is 7.79. The van der Waals surface area contributed by atoms with Crippen molar-refractivity contribution >= 4 is 5.91 Å². The Kier molecular flexibility index (Phi) is 7.39. The third-order valence-corrected chi connectivity index (χ3v) is 3.02. The molecule has 0 aromatic rings. The molecule has 102 valence electrons. The Morgan fingerprint density at radius 2 is 1.88 bits per heavy atom. The zero-order chi connectivity index (χ0) is 13.5. The number of carbonyl (C=O) groups excluding carboxylic acids is 1. The van der Waals surface area contributed by atoms with Crippen LogP contribution in [0.1, 0.15) is 41.0 Å². The van der Waals surface area contributed by atoms with E-state index in [2.05, 4.69) is 38.3 Å². The lowest BCUT2D eigenvalue weighted by Crippen LogP contribution is -2.49. The van der Waals surface area contributed by atoms with E-state index >= 15 is 0 Å². The van der Waals surface area contributed by atoms with Crippen LogP contribution in [0.3, 0.4) is 0 Å². The minimum absolute atomic E-state index is 0.0530. The largest absolute Gasteiger partial charge is 0.385 e. The van der Waals surface area contributed by atoms with Crippen molar-refractivity contribution < 1.29 is 9.53 Å². The third kappa shape index (κ3) is 7.34. The zero-order valence-corrected chi connectivity index (χ0v) is 12.1. The lowest BCUT2D eigenvalue weighted by atomic mass is 9.87. The molecule has 0 heterocycles. The van der Waals surface area contributed by atoms with E-state index in [1.54, 1.807) is 7.11 Å². The summed E-state index contributed by atoms with van der Waals surface area (Å²) in [7, 11) is 1.66. The smallest absolute Gasteiger partial charge is 0.236 e. The molecule has 0 rings (SSSR count). The van der Waals surface area contributed by atoms with Gasteiger partial charge >= 0.3 is 0 Å². The van der Waals surface area contributed by atoms with Crippen molar-refractivity contribution in [3.05, 3.63) is 0 Å². The quantitative estimate of drug-likeness (QED) is 0.668. The molecule has 0 saturated heterocycles. The number of nitrogens with one attached hydrogen (secondary N) is 2. The highest BCUT2D eigenvalue weighted by Crippen LogP contribution is 2.18. The summed E-state index contributed by atoms with van der Waals surface area (Å²) in [5, 5.41) is 6.21. The molecule has 0 aromatic heterocycles. The first kappa shape index (κ1) is 16.4. The molecule has 0 radical (unpaired) electrons. The number of carbonyl (C=O) groups is 1. The van der Waals surface area contributed by atoms with Crippen LogP contribution in [-0.2, 0) is 9.53 Å². The van der Waals surface area contributed by atoms with Gasteiger partial charge in [0, 0.05) is 26.3 Å². The summed E-state index contributed by atoms with van der Waals surface area (Å²) < 4.78 is 4.93. The molecule has 17 heavy (non-hydrogen) atoms. The van der Waals surface area contributed by atoms with Gasteiger partial charge in [0.2, 0.25) is 5.91 Å². The van der Waals surface area contributed by atoms with Gasteiger partial charge < -0.3 is 15.4 Å². The zero-order valence-electron chi connectivity index (χ0n) is 12.1. The number of rotatable bonds is 7. The van der Waals surface area contributed by atoms with Gasteiger partial charge in [0.25, 0.3) is 0 Å². The second-order valence-corrected chi connectivity index (χ2v) is 5.61. The van der Waals surface area contributed by atoms with Crippen LogP contribution in [0.15, 0.2) is 0 Å². The van der Waals surface area contributed by atoms with E-state index in [0.717, 1.165) is 6.42 Å². The van der Waals surface area contributed by atoms with Crippen LogP contribution in [0.2, 0.25) is 0 Å². The molecule has 0 aliphatic rings. The number of ether oxygens (including phenoxy) is 1. The van der Waals surface area contributed by atoms with Crippen LogP contribution in [0.5, 0.6) is 0 Å². The van der Waals surface area contributed by atoms with Crippen molar-refractivity contribution in [3.8, 4) is 0 Å². The molecule has 0 aliphatic heterocycles. The average molecular weight is 244 g/mol. The van der Waals surface area contributed by atoms with Crippen molar-refractivity contribution in [2.75, 3.05) is 20.3 Å². The summed E-state index contributed by atoms with van der Waals surface area (Å²) in [5.74, 6) is 0.0530. The van der Waals surface area contributed by atoms with Crippen LogP contribution in [0, 0.1) is 5.41 Å². The van der Waals surface area contributed by atoms with Crippen LogP contribution >= 0.6 is 0 Å². The Morgan fingerprint density at radius 3 is 2.35 bits per heavy atom. The van der Waals surface area contributed by atoms with E-state index in [1.165, 1.54) is 0 Å². The Balaban J connectivity index is 3.89. The van der Waals surface area contributed by atoms with E-state index in [1.807, 2.05) is 6.92 Å². The molecule has 0 bridgehead atoms. The summed E-state index contributed by atoms with van der Waals surface area (Å²) in [5.41, 5.74) is 0.157. The predicted octanol–water partition coefficient (Wildman–Crippen LogP) is 1.55. The first-order valence-corrected chi connectivity index (χ1v) is 6.31. The molecular formula is C13H28N2O2. The van der Waals surface area contributed by atoms with E-state index in [9.17, 15) is 4.79 Å². The van der Waals surface area contributed by atoms with Gasteiger partial charge in [-0.3, -0.25) is 4.79 Å². The molecule has 0 aromatic carbocycles. The highest BCUT2D eigenvalue weighted by molar-refractivity contribution is 5.81. The maximum Gasteiger partial charge on any atom is 0.236 e. The second-order valence-electron chi connectivity index (χ2n) is 5.61. The molecule has 4 heteroatoms. The molecule has 2 atom stereocenters. The highest BCUT2D eigenvalue weighted by Gasteiger charge is 2.23. The Morgan fingerprint density at radius 1 is 1.29 bits per heavy atom. The molecule has 2 N–H and O–H groups in total. The van der Waals surface area contributed by atoms with Crippen molar-refractivity contribution in [3.63, 3.8) is 0 Å². The summed E-state index contributed by atoms with van der Waals surface area (Å²) in [4.78, 5) is 11.8. The molecular weight excluding hydrogens is 216 g/mol. The van der Waals surface area contributed by atoms with Gasteiger partial charge in [-0.15, -0.1) is 0 Å². The number of hydrogen-bond acceptors (Lipinski definition) is 3. The van der Waals surface area contributed by atoms with Crippen molar-refractivity contribution in [1.82, 2.24) is 10.6 Å². The summed E-state index contributed by atoms with van der Waals surface area (Å²) in [6.07, 6.45) is 0.851. The van der Waals surface area contributed by atoms with Gasteiger partial charge in [-0.05, 0) is 25.7 Å². The standard InChI is InChI=1S/C13H28N2O2/c1-10(15-11(2)13(3,4)5)12(16)14-8-7-9-17-6/h10-11,15H,7-9H2,1-6H3,(H,14,16). The Labute approximate surface area is 105 Å². The highest BCUT2D eigenvalue weighted by atomic mass is 16.5. The minimum Gasteiger partial charge on any atom is -0.385 e. The van der Waals surface area contributed by atoms with Gasteiger partial charge in [-0.25, -0.2) is 0 Å². The fourth-order valence-corrected chi connectivity index (χ4v) is 1.28. The summed E-state index contributed by atoms with van der Waals surface area (Å²) in [6, 6.07) is 0.133. The Hall–Kier alpha value is -0.610.